The highest BCUT2D eigenvalue weighted by molar-refractivity contribution is 6.34. The Morgan fingerprint density at radius 1 is 1.06 bits per heavy atom. The molecule has 2 rings (SSSR count). The average Bonchev–Trinajstić information content (AvgIpc) is 2.27. The zero-order valence-corrected chi connectivity index (χ0v) is 10.00. The van der Waals surface area contributed by atoms with Crippen LogP contribution in [0.15, 0.2) is 12.1 Å². The predicted octanol–water partition coefficient (Wildman–Crippen LogP) is 2.61. The van der Waals surface area contributed by atoms with Crippen molar-refractivity contribution in [3.05, 3.63) is 23.1 Å². The minimum Gasteiger partial charge on any atom is -0.493 e. The van der Waals surface area contributed by atoms with E-state index in [1.807, 2.05) is 0 Å². The Kier molecular flexibility index (Phi) is 2.83. The number of ether oxygens (including phenoxy) is 2. The lowest BCUT2D eigenvalue weighted by Crippen LogP contribution is -1.94. The molecule has 16 heavy (non-hydrogen) atoms. The van der Waals surface area contributed by atoms with Crippen LogP contribution in [0.2, 0.25) is 5.15 Å². The van der Waals surface area contributed by atoms with E-state index < -0.39 is 0 Å². The van der Waals surface area contributed by atoms with Crippen LogP contribution < -0.4 is 9.47 Å². The molecule has 0 aliphatic rings. The standard InChI is InChI=1S/C11H11ClN2O2/c1-6-13-8-5-10(16-3)9(15-2)4-7(8)11(12)14-6/h4-5H,1-3H3. The third-order valence-electron chi connectivity index (χ3n) is 2.27. The van der Waals surface area contributed by atoms with E-state index in [0.29, 0.717) is 22.5 Å². The van der Waals surface area contributed by atoms with Gasteiger partial charge in [0.2, 0.25) is 0 Å². The zero-order chi connectivity index (χ0) is 11.7. The Labute approximate surface area is 98.2 Å². The second-order valence-corrected chi connectivity index (χ2v) is 3.64. The fraction of sp³-hybridized carbons (Fsp3) is 0.273. The normalized spacial score (nSPS) is 10.5. The van der Waals surface area contributed by atoms with Gasteiger partial charge >= 0.3 is 0 Å². The van der Waals surface area contributed by atoms with Crippen molar-refractivity contribution in [3.63, 3.8) is 0 Å². The van der Waals surface area contributed by atoms with E-state index in [-0.39, 0.29) is 0 Å². The molecular weight excluding hydrogens is 228 g/mol. The smallest absolute Gasteiger partial charge is 0.162 e. The average molecular weight is 239 g/mol. The summed E-state index contributed by atoms with van der Waals surface area (Å²) in [4.78, 5) is 8.38. The summed E-state index contributed by atoms with van der Waals surface area (Å²) in [6.07, 6.45) is 0. The summed E-state index contributed by atoms with van der Waals surface area (Å²) in [6.45, 7) is 1.79. The molecule has 0 atom stereocenters. The molecule has 0 saturated carbocycles. The molecule has 5 heteroatoms. The SMILES string of the molecule is COc1cc2nc(C)nc(Cl)c2cc1OC. The largest absolute Gasteiger partial charge is 0.493 e. The molecule has 0 fully saturated rings. The maximum absolute atomic E-state index is 6.04. The molecule has 0 spiro atoms. The summed E-state index contributed by atoms with van der Waals surface area (Å²) in [5, 5.41) is 1.17. The van der Waals surface area contributed by atoms with E-state index in [2.05, 4.69) is 9.97 Å². The maximum Gasteiger partial charge on any atom is 0.162 e. The summed E-state index contributed by atoms with van der Waals surface area (Å²) in [6, 6.07) is 3.56. The number of aromatic nitrogens is 2. The van der Waals surface area contributed by atoms with E-state index in [0.717, 1.165) is 10.9 Å². The summed E-state index contributed by atoms with van der Waals surface area (Å²) in [7, 11) is 3.16. The van der Waals surface area contributed by atoms with Gasteiger partial charge in [-0.15, -0.1) is 0 Å². The molecule has 4 nitrogen and oxygen atoms in total. The monoisotopic (exact) mass is 238 g/mol. The molecule has 2 aromatic rings. The quantitative estimate of drug-likeness (QED) is 0.755. The summed E-state index contributed by atoms with van der Waals surface area (Å²) >= 11 is 6.04. The van der Waals surface area contributed by atoms with Gasteiger partial charge in [-0.1, -0.05) is 11.6 Å². The van der Waals surface area contributed by atoms with Crippen molar-refractivity contribution < 1.29 is 9.47 Å². The van der Waals surface area contributed by atoms with Gasteiger partial charge in [0.15, 0.2) is 11.5 Å². The second-order valence-electron chi connectivity index (χ2n) is 3.29. The first-order chi connectivity index (χ1) is 7.65. The van der Waals surface area contributed by atoms with Gasteiger partial charge in [0, 0.05) is 11.5 Å². The lowest BCUT2D eigenvalue weighted by Gasteiger charge is -2.09. The lowest BCUT2D eigenvalue weighted by atomic mass is 10.2. The number of nitrogens with zero attached hydrogens (tertiary/aromatic N) is 2. The first-order valence-corrected chi connectivity index (χ1v) is 5.09. The molecule has 1 aromatic carbocycles. The lowest BCUT2D eigenvalue weighted by molar-refractivity contribution is 0.356. The van der Waals surface area contributed by atoms with Gasteiger partial charge in [-0.2, -0.15) is 0 Å². The first kappa shape index (κ1) is 11.0. The maximum atomic E-state index is 6.04. The van der Waals surface area contributed by atoms with Crippen LogP contribution in [0.25, 0.3) is 10.9 Å². The Morgan fingerprint density at radius 3 is 2.31 bits per heavy atom. The number of fused-ring (bicyclic) bond motifs is 1. The van der Waals surface area contributed by atoms with E-state index >= 15 is 0 Å². The fourth-order valence-electron chi connectivity index (χ4n) is 1.53. The van der Waals surface area contributed by atoms with Crippen molar-refractivity contribution in [3.8, 4) is 11.5 Å². The molecule has 0 N–H and O–H groups in total. The molecule has 84 valence electrons. The Balaban J connectivity index is 2.78. The summed E-state index contributed by atoms with van der Waals surface area (Å²) in [5.41, 5.74) is 0.746. The molecule has 0 aliphatic carbocycles. The molecule has 0 radical (unpaired) electrons. The molecular formula is C11H11ClN2O2. The summed E-state index contributed by atoms with van der Waals surface area (Å²) in [5.74, 6) is 1.87. The topological polar surface area (TPSA) is 44.2 Å². The van der Waals surface area contributed by atoms with E-state index in [9.17, 15) is 0 Å². The number of hydrogen-bond donors (Lipinski definition) is 0. The van der Waals surface area contributed by atoms with Gasteiger partial charge < -0.3 is 9.47 Å². The highest BCUT2D eigenvalue weighted by Gasteiger charge is 2.10. The van der Waals surface area contributed by atoms with Crippen molar-refractivity contribution in [1.82, 2.24) is 9.97 Å². The number of hydrogen-bond acceptors (Lipinski definition) is 4. The number of rotatable bonds is 2. The van der Waals surface area contributed by atoms with Crippen LogP contribution in [0.5, 0.6) is 11.5 Å². The number of methoxy groups -OCH3 is 2. The van der Waals surface area contributed by atoms with Crippen LogP contribution in [0.4, 0.5) is 0 Å². The molecule has 0 amide bonds. The van der Waals surface area contributed by atoms with Crippen LogP contribution in [-0.4, -0.2) is 24.2 Å². The van der Waals surface area contributed by atoms with Gasteiger partial charge in [0.25, 0.3) is 0 Å². The van der Waals surface area contributed by atoms with Crippen molar-refractivity contribution in [2.45, 2.75) is 6.92 Å². The molecule has 0 saturated heterocycles. The van der Waals surface area contributed by atoms with Gasteiger partial charge in [0.05, 0.1) is 19.7 Å². The molecule has 1 aromatic heterocycles. The molecule has 0 unspecified atom stereocenters. The van der Waals surface area contributed by atoms with Gasteiger partial charge in [-0.05, 0) is 13.0 Å². The van der Waals surface area contributed by atoms with E-state index in [1.165, 1.54) is 0 Å². The predicted molar refractivity (Wildman–Crippen MR) is 62.4 cm³/mol. The van der Waals surface area contributed by atoms with Crippen LogP contribution in [0, 0.1) is 6.92 Å². The van der Waals surface area contributed by atoms with Gasteiger partial charge in [-0.3, -0.25) is 0 Å². The fourth-order valence-corrected chi connectivity index (χ4v) is 1.80. The molecule has 0 aliphatic heterocycles. The Morgan fingerprint density at radius 2 is 1.69 bits per heavy atom. The van der Waals surface area contributed by atoms with Crippen LogP contribution >= 0.6 is 11.6 Å². The van der Waals surface area contributed by atoms with Crippen molar-refractivity contribution in [2.75, 3.05) is 14.2 Å². The van der Waals surface area contributed by atoms with Gasteiger partial charge in [0.1, 0.15) is 11.0 Å². The van der Waals surface area contributed by atoms with Crippen LogP contribution in [-0.2, 0) is 0 Å². The first-order valence-electron chi connectivity index (χ1n) is 4.71. The highest BCUT2D eigenvalue weighted by atomic mass is 35.5. The van der Waals surface area contributed by atoms with Crippen LogP contribution in [0.3, 0.4) is 0 Å². The highest BCUT2D eigenvalue weighted by Crippen LogP contribution is 2.33. The van der Waals surface area contributed by atoms with E-state index in [4.69, 9.17) is 21.1 Å². The number of aryl methyl sites for hydroxylation is 1. The minimum atomic E-state index is 0.420. The van der Waals surface area contributed by atoms with Crippen molar-refractivity contribution in [2.24, 2.45) is 0 Å². The minimum absolute atomic E-state index is 0.420. The Bertz CT molecular complexity index is 543. The second kappa shape index (κ2) is 4.14. The third kappa shape index (κ3) is 1.76. The van der Waals surface area contributed by atoms with Crippen LogP contribution in [0.1, 0.15) is 5.82 Å². The Hall–Kier alpha value is -1.55. The van der Waals surface area contributed by atoms with Crippen molar-refractivity contribution >= 4 is 22.5 Å². The summed E-state index contributed by atoms with van der Waals surface area (Å²) < 4.78 is 10.4. The third-order valence-corrected chi connectivity index (χ3v) is 2.55. The van der Waals surface area contributed by atoms with Gasteiger partial charge in [-0.25, -0.2) is 9.97 Å². The number of benzene rings is 1. The van der Waals surface area contributed by atoms with Crippen molar-refractivity contribution in [1.29, 1.82) is 0 Å². The molecule has 1 heterocycles. The molecule has 0 bridgehead atoms. The zero-order valence-electron chi connectivity index (χ0n) is 9.24. The number of halogens is 1. The van der Waals surface area contributed by atoms with E-state index in [1.54, 1.807) is 33.3 Å².